The summed E-state index contributed by atoms with van der Waals surface area (Å²) >= 11 is 0. The molecule has 0 bridgehead atoms. The topological polar surface area (TPSA) is 58.4 Å². The summed E-state index contributed by atoms with van der Waals surface area (Å²) in [6.45, 7) is 3.79. The highest BCUT2D eigenvalue weighted by Gasteiger charge is 2.25. The number of hydrogen-bond acceptors (Lipinski definition) is 4. The number of amides is 1. The second-order valence-corrected chi connectivity index (χ2v) is 7.23. The molecule has 29 heavy (non-hydrogen) atoms. The Morgan fingerprint density at radius 3 is 2.34 bits per heavy atom. The van der Waals surface area contributed by atoms with Crippen LogP contribution >= 0.6 is 0 Å². The predicted molar refractivity (Wildman–Crippen MR) is 115 cm³/mol. The second-order valence-electron chi connectivity index (χ2n) is 7.23. The summed E-state index contributed by atoms with van der Waals surface area (Å²) in [7, 11) is 1.59. The van der Waals surface area contributed by atoms with Crippen LogP contribution in [0.4, 0.5) is 0 Å². The molecule has 1 saturated heterocycles. The van der Waals surface area contributed by atoms with Crippen LogP contribution in [0.15, 0.2) is 65.5 Å². The smallest absolute Gasteiger partial charge is 0.275 e. The average molecular weight is 388 g/mol. The van der Waals surface area contributed by atoms with Crippen molar-refractivity contribution in [2.24, 2.45) is 7.05 Å². The van der Waals surface area contributed by atoms with Gasteiger partial charge in [0.2, 0.25) is 0 Å². The molecule has 148 valence electrons. The van der Waals surface area contributed by atoms with E-state index in [9.17, 15) is 9.59 Å². The molecule has 1 amide bonds. The second kappa shape index (κ2) is 8.41. The fourth-order valence-electron chi connectivity index (χ4n) is 3.64. The third-order valence-electron chi connectivity index (χ3n) is 5.29. The summed E-state index contributed by atoms with van der Waals surface area (Å²) in [4.78, 5) is 29.5. The van der Waals surface area contributed by atoms with Gasteiger partial charge < -0.3 is 4.90 Å². The first kappa shape index (κ1) is 19.1. The maximum Gasteiger partial charge on any atom is 0.275 e. The van der Waals surface area contributed by atoms with Gasteiger partial charge in [0.1, 0.15) is 0 Å². The van der Waals surface area contributed by atoms with Gasteiger partial charge in [-0.05, 0) is 11.6 Å². The lowest BCUT2D eigenvalue weighted by atomic mass is 10.1. The van der Waals surface area contributed by atoms with Gasteiger partial charge in [0.05, 0.1) is 5.39 Å². The van der Waals surface area contributed by atoms with Gasteiger partial charge in [-0.15, -0.1) is 0 Å². The fraction of sp³-hybridized carbons (Fsp3) is 0.261. The SMILES string of the molecule is Cn1nc(C(=O)N2CCN(CC=Cc3ccccc3)CC2)c2ccccc2c1=O. The number of piperazine rings is 1. The Morgan fingerprint density at radius 1 is 0.966 bits per heavy atom. The highest BCUT2D eigenvalue weighted by atomic mass is 16.2. The van der Waals surface area contributed by atoms with E-state index in [2.05, 4.69) is 34.3 Å². The van der Waals surface area contributed by atoms with E-state index in [0.717, 1.165) is 19.6 Å². The number of hydrogen-bond donors (Lipinski definition) is 0. The maximum atomic E-state index is 13.1. The number of aryl methyl sites for hydroxylation is 1. The van der Waals surface area contributed by atoms with E-state index in [4.69, 9.17) is 0 Å². The Kier molecular flexibility index (Phi) is 5.53. The van der Waals surface area contributed by atoms with E-state index in [1.807, 2.05) is 29.2 Å². The molecule has 1 aliphatic heterocycles. The molecule has 0 radical (unpaired) electrons. The van der Waals surface area contributed by atoms with Gasteiger partial charge >= 0.3 is 0 Å². The first-order valence-electron chi connectivity index (χ1n) is 9.83. The molecule has 0 atom stereocenters. The lowest BCUT2D eigenvalue weighted by Crippen LogP contribution is -2.49. The van der Waals surface area contributed by atoms with Crippen LogP contribution in [0.1, 0.15) is 16.1 Å². The average Bonchev–Trinajstić information content (AvgIpc) is 2.77. The van der Waals surface area contributed by atoms with E-state index >= 15 is 0 Å². The third-order valence-corrected chi connectivity index (χ3v) is 5.29. The first-order chi connectivity index (χ1) is 14.1. The first-order valence-corrected chi connectivity index (χ1v) is 9.83. The number of rotatable bonds is 4. The third kappa shape index (κ3) is 4.12. The Balaban J connectivity index is 1.42. The van der Waals surface area contributed by atoms with Crippen molar-refractivity contribution in [3.8, 4) is 0 Å². The monoisotopic (exact) mass is 388 g/mol. The minimum Gasteiger partial charge on any atom is -0.335 e. The molecule has 3 aromatic rings. The molecule has 2 heterocycles. The Labute approximate surface area is 169 Å². The van der Waals surface area contributed by atoms with Crippen molar-refractivity contribution in [1.29, 1.82) is 0 Å². The Morgan fingerprint density at radius 2 is 1.62 bits per heavy atom. The highest BCUT2D eigenvalue weighted by molar-refractivity contribution is 6.04. The van der Waals surface area contributed by atoms with Gasteiger partial charge in [0, 0.05) is 45.2 Å². The van der Waals surface area contributed by atoms with Crippen LogP contribution in [0.25, 0.3) is 16.8 Å². The molecule has 1 aliphatic rings. The van der Waals surface area contributed by atoms with E-state index in [1.54, 1.807) is 25.2 Å². The zero-order chi connectivity index (χ0) is 20.2. The van der Waals surface area contributed by atoms with Crippen molar-refractivity contribution in [1.82, 2.24) is 19.6 Å². The van der Waals surface area contributed by atoms with Crippen LogP contribution in [0.5, 0.6) is 0 Å². The minimum atomic E-state index is -0.188. The summed E-state index contributed by atoms with van der Waals surface area (Å²) < 4.78 is 1.25. The van der Waals surface area contributed by atoms with Crippen LogP contribution < -0.4 is 5.56 Å². The van der Waals surface area contributed by atoms with Crippen LogP contribution in [0.2, 0.25) is 0 Å². The molecular weight excluding hydrogens is 364 g/mol. The van der Waals surface area contributed by atoms with Gasteiger partial charge in [0.15, 0.2) is 5.69 Å². The van der Waals surface area contributed by atoms with Gasteiger partial charge in [-0.2, -0.15) is 5.10 Å². The molecule has 0 aliphatic carbocycles. The number of benzene rings is 2. The van der Waals surface area contributed by atoms with Crippen LogP contribution in [-0.2, 0) is 7.05 Å². The minimum absolute atomic E-state index is 0.115. The summed E-state index contributed by atoms with van der Waals surface area (Å²) in [5, 5.41) is 5.41. The van der Waals surface area contributed by atoms with E-state index in [1.165, 1.54) is 10.2 Å². The summed E-state index contributed by atoms with van der Waals surface area (Å²) in [5.74, 6) is -0.115. The molecule has 6 nitrogen and oxygen atoms in total. The normalized spacial score (nSPS) is 15.3. The van der Waals surface area contributed by atoms with Gasteiger partial charge in [-0.1, -0.05) is 60.7 Å². The lowest BCUT2D eigenvalue weighted by molar-refractivity contribution is 0.0644. The summed E-state index contributed by atoms with van der Waals surface area (Å²) in [6.07, 6.45) is 4.28. The zero-order valence-corrected chi connectivity index (χ0v) is 16.5. The molecule has 0 saturated carbocycles. The van der Waals surface area contributed by atoms with Gasteiger partial charge in [-0.25, -0.2) is 4.68 Å². The van der Waals surface area contributed by atoms with Gasteiger partial charge in [0.25, 0.3) is 11.5 Å². The van der Waals surface area contributed by atoms with E-state index < -0.39 is 0 Å². The van der Waals surface area contributed by atoms with Gasteiger partial charge in [-0.3, -0.25) is 14.5 Å². The standard InChI is InChI=1S/C23H24N4O2/c1-25-22(28)20-12-6-5-11-19(20)21(24-25)23(29)27-16-14-26(15-17-27)13-7-10-18-8-3-2-4-9-18/h2-12H,13-17H2,1H3. The molecule has 0 N–H and O–H groups in total. The molecular formula is C23H24N4O2. The molecule has 6 heteroatoms. The molecule has 1 aromatic heterocycles. The summed E-state index contributed by atoms with van der Waals surface area (Å²) in [6, 6.07) is 17.4. The number of nitrogens with zero attached hydrogens (tertiary/aromatic N) is 4. The lowest BCUT2D eigenvalue weighted by Gasteiger charge is -2.34. The van der Waals surface area contributed by atoms with Crippen molar-refractivity contribution in [3.63, 3.8) is 0 Å². The molecule has 0 unspecified atom stereocenters. The largest absolute Gasteiger partial charge is 0.335 e. The van der Waals surface area contributed by atoms with Crippen molar-refractivity contribution in [2.75, 3.05) is 32.7 Å². The number of carbonyl (C=O) groups excluding carboxylic acids is 1. The van der Waals surface area contributed by atoms with Crippen molar-refractivity contribution < 1.29 is 4.79 Å². The summed E-state index contributed by atoms with van der Waals surface area (Å²) in [5.41, 5.74) is 1.35. The fourth-order valence-corrected chi connectivity index (χ4v) is 3.64. The zero-order valence-electron chi connectivity index (χ0n) is 16.5. The molecule has 0 spiro atoms. The molecule has 1 fully saturated rings. The Hall–Kier alpha value is -3.25. The maximum absolute atomic E-state index is 13.1. The van der Waals surface area contributed by atoms with Crippen molar-refractivity contribution in [2.45, 2.75) is 0 Å². The van der Waals surface area contributed by atoms with Crippen molar-refractivity contribution in [3.05, 3.63) is 82.3 Å². The predicted octanol–water partition coefficient (Wildman–Crippen LogP) is 2.40. The number of carbonyl (C=O) groups is 1. The van der Waals surface area contributed by atoms with Crippen LogP contribution in [-0.4, -0.2) is 58.2 Å². The highest BCUT2D eigenvalue weighted by Crippen LogP contribution is 2.16. The number of aromatic nitrogens is 2. The quantitative estimate of drug-likeness (QED) is 0.689. The number of fused-ring (bicyclic) bond motifs is 1. The van der Waals surface area contributed by atoms with Crippen LogP contribution in [0.3, 0.4) is 0 Å². The van der Waals surface area contributed by atoms with Crippen molar-refractivity contribution >= 4 is 22.8 Å². The van der Waals surface area contributed by atoms with E-state index in [-0.39, 0.29) is 11.5 Å². The van der Waals surface area contributed by atoms with E-state index in [0.29, 0.717) is 29.6 Å². The van der Waals surface area contributed by atoms with Crippen LogP contribution in [0, 0.1) is 0 Å². The molecule has 4 rings (SSSR count). The Bertz CT molecular complexity index is 1100. The molecule has 2 aromatic carbocycles.